The van der Waals surface area contributed by atoms with Crippen LogP contribution in [0.1, 0.15) is 24.4 Å². The first-order chi connectivity index (χ1) is 21.8. The number of pyridine rings is 1. The van der Waals surface area contributed by atoms with Crippen molar-refractivity contribution in [3.8, 4) is 0 Å². The fraction of sp³-hybridized carbons (Fsp3) is 0.312. The van der Waals surface area contributed by atoms with Gasteiger partial charge in [-0.2, -0.15) is 10.1 Å². The van der Waals surface area contributed by atoms with Crippen LogP contribution in [0.2, 0.25) is 0 Å². The van der Waals surface area contributed by atoms with Crippen LogP contribution in [-0.4, -0.2) is 78.9 Å². The summed E-state index contributed by atoms with van der Waals surface area (Å²) < 4.78 is 3.28. The average molecular weight is 610 g/mol. The van der Waals surface area contributed by atoms with Crippen LogP contribution in [-0.2, 0) is 16.1 Å². The Labute approximate surface area is 259 Å². The number of aliphatic hydroxyl groups is 1. The van der Waals surface area contributed by atoms with E-state index >= 15 is 0 Å². The van der Waals surface area contributed by atoms with Crippen molar-refractivity contribution in [1.82, 2.24) is 29.2 Å². The zero-order valence-corrected chi connectivity index (χ0v) is 25.1. The molecule has 1 atom stereocenters. The maximum atomic E-state index is 14.6. The number of carbonyl (C=O) groups excluding carboxylic acids is 2. The molecule has 0 radical (unpaired) electrons. The number of hydrogen-bond acceptors (Lipinski definition) is 9. The van der Waals surface area contributed by atoms with Crippen LogP contribution < -0.4 is 20.7 Å². The maximum absolute atomic E-state index is 14.6. The largest absolute Gasteiger partial charge is 0.394 e. The third-order valence-electron chi connectivity index (χ3n) is 8.28. The van der Waals surface area contributed by atoms with Crippen molar-refractivity contribution in [3.05, 3.63) is 84.1 Å². The molecule has 6 rings (SSSR count). The van der Waals surface area contributed by atoms with Crippen molar-refractivity contribution in [2.24, 2.45) is 0 Å². The van der Waals surface area contributed by atoms with Crippen LogP contribution >= 0.6 is 0 Å². The van der Waals surface area contributed by atoms with Crippen molar-refractivity contribution < 1.29 is 14.7 Å². The summed E-state index contributed by atoms with van der Waals surface area (Å²) in [4.78, 5) is 54.7. The van der Waals surface area contributed by atoms with E-state index in [1.54, 1.807) is 43.7 Å². The molecule has 232 valence electrons. The highest BCUT2D eigenvalue weighted by molar-refractivity contribution is 6.05. The van der Waals surface area contributed by atoms with Crippen LogP contribution in [0.5, 0.6) is 0 Å². The lowest BCUT2D eigenvalue weighted by atomic mass is 10.0. The van der Waals surface area contributed by atoms with E-state index in [0.29, 0.717) is 68.0 Å². The topological polar surface area (TPSA) is 142 Å². The molecule has 0 unspecified atom stereocenters. The zero-order valence-electron chi connectivity index (χ0n) is 25.1. The number of rotatable bonds is 8. The second-order valence-corrected chi connectivity index (χ2v) is 11.1. The smallest absolute Gasteiger partial charge is 0.276 e. The van der Waals surface area contributed by atoms with Gasteiger partial charge in [0.25, 0.3) is 11.5 Å². The highest BCUT2D eigenvalue weighted by Crippen LogP contribution is 2.40. The number of nitrogens with zero attached hydrogens (tertiary/aromatic N) is 8. The standard InChI is InChI=1S/C32H35N9O4/c1-4-27(43)37-11-7-9-24(20-37)41-30-22(17-33-32(36-30)35-23-18-34-38(19-23)14-15-42)16-26(31(41)45)39-12-13-40(28(44)5-2)29-21(3)8-6-10-25(29)39/h4-6,8,10,16-19,24,42H,1-2,7,9,11-15,20H2,3H3,(H,33,35,36)/t24-/m1/s1. The van der Waals surface area contributed by atoms with Crippen molar-refractivity contribution in [3.63, 3.8) is 0 Å². The second-order valence-electron chi connectivity index (χ2n) is 11.1. The maximum Gasteiger partial charge on any atom is 0.276 e. The molecule has 4 aromatic rings. The summed E-state index contributed by atoms with van der Waals surface area (Å²) in [6, 6.07) is 7.21. The lowest BCUT2D eigenvalue weighted by Crippen LogP contribution is -2.45. The van der Waals surface area contributed by atoms with Crippen molar-refractivity contribution in [2.75, 3.05) is 47.9 Å². The van der Waals surface area contributed by atoms with Gasteiger partial charge in [0, 0.05) is 44.0 Å². The normalized spacial score (nSPS) is 16.4. The van der Waals surface area contributed by atoms with Crippen LogP contribution in [0.4, 0.5) is 28.7 Å². The van der Waals surface area contributed by atoms with Gasteiger partial charge in [-0.25, -0.2) is 4.98 Å². The molecule has 45 heavy (non-hydrogen) atoms. The van der Waals surface area contributed by atoms with Gasteiger partial charge in [-0.3, -0.25) is 23.6 Å². The molecule has 0 bridgehead atoms. The van der Waals surface area contributed by atoms with E-state index < -0.39 is 0 Å². The fourth-order valence-corrected chi connectivity index (χ4v) is 6.20. The van der Waals surface area contributed by atoms with Crippen molar-refractivity contribution in [2.45, 2.75) is 32.4 Å². The third-order valence-corrected chi connectivity index (χ3v) is 8.28. The van der Waals surface area contributed by atoms with E-state index in [1.165, 1.54) is 12.2 Å². The molecule has 5 heterocycles. The molecule has 2 aliphatic rings. The minimum Gasteiger partial charge on any atom is -0.394 e. The molecule has 1 fully saturated rings. The SMILES string of the molecule is C=CC(=O)N1CCC[C@@H](n2c(=O)c(N3CCN(C(=O)C=C)c4c(C)cccc43)cc3cnc(Nc4cnn(CCO)c4)nc32)C1. The number of amides is 2. The molecule has 0 aliphatic carbocycles. The first-order valence-electron chi connectivity index (χ1n) is 14.9. The van der Waals surface area contributed by atoms with E-state index in [2.05, 4.69) is 28.6 Å². The fourth-order valence-electron chi connectivity index (χ4n) is 6.20. The highest BCUT2D eigenvalue weighted by Gasteiger charge is 2.32. The number of aromatic nitrogens is 5. The predicted octanol–water partition coefficient (Wildman–Crippen LogP) is 3.05. The van der Waals surface area contributed by atoms with E-state index in [4.69, 9.17) is 4.98 Å². The van der Waals surface area contributed by atoms with Crippen LogP contribution in [0.3, 0.4) is 0 Å². The van der Waals surface area contributed by atoms with Gasteiger partial charge in [-0.1, -0.05) is 25.3 Å². The number of carbonyl (C=O) groups is 2. The number of hydrogen-bond donors (Lipinski definition) is 2. The Hall–Kier alpha value is -5.30. The van der Waals surface area contributed by atoms with Gasteiger partial charge in [0.1, 0.15) is 11.3 Å². The average Bonchev–Trinajstić information content (AvgIpc) is 3.50. The van der Waals surface area contributed by atoms with Gasteiger partial charge < -0.3 is 25.1 Å². The quantitative estimate of drug-likeness (QED) is 0.288. The third kappa shape index (κ3) is 5.57. The molecule has 1 aromatic carbocycles. The Bertz CT molecular complexity index is 1860. The summed E-state index contributed by atoms with van der Waals surface area (Å²) in [7, 11) is 0. The summed E-state index contributed by atoms with van der Waals surface area (Å²) in [5, 5.41) is 17.2. The number of piperidine rings is 1. The van der Waals surface area contributed by atoms with E-state index in [-0.39, 0.29) is 36.0 Å². The second kappa shape index (κ2) is 12.4. The molecule has 2 aliphatic heterocycles. The number of benzene rings is 1. The van der Waals surface area contributed by atoms with Crippen LogP contribution in [0.15, 0.2) is 73.0 Å². The number of fused-ring (bicyclic) bond motifs is 2. The first kappa shape index (κ1) is 29.8. The molecule has 2 N–H and O–H groups in total. The number of nitrogens with one attached hydrogen (secondary N) is 1. The van der Waals surface area contributed by atoms with Crippen molar-refractivity contribution >= 4 is 51.5 Å². The Morgan fingerprint density at radius 1 is 1.11 bits per heavy atom. The first-order valence-corrected chi connectivity index (χ1v) is 14.9. The van der Waals surface area contributed by atoms with Gasteiger partial charge in [0.2, 0.25) is 11.9 Å². The Morgan fingerprint density at radius 2 is 1.93 bits per heavy atom. The van der Waals surface area contributed by atoms with Crippen LogP contribution in [0.25, 0.3) is 11.0 Å². The lowest BCUT2D eigenvalue weighted by Gasteiger charge is -2.39. The van der Waals surface area contributed by atoms with Gasteiger partial charge >= 0.3 is 0 Å². The summed E-state index contributed by atoms with van der Waals surface area (Å²) in [6.45, 7) is 11.2. The molecule has 13 heteroatoms. The van der Waals surface area contributed by atoms with Gasteiger partial charge in [-0.05, 0) is 49.6 Å². The molecular formula is C32H35N9O4. The Morgan fingerprint density at radius 3 is 2.71 bits per heavy atom. The summed E-state index contributed by atoms with van der Waals surface area (Å²) >= 11 is 0. The minimum atomic E-state index is -0.340. The lowest BCUT2D eigenvalue weighted by molar-refractivity contribution is -0.127. The minimum absolute atomic E-state index is 0.0430. The predicted molar refractivity (Wildman–Crippen MR) is 172 cm³/mol. The molecule has 1 saturated heterocycles. The zero-order chi connectivity index (χ0) is 31.7. The summed E-state index contributed by atoms with van der Waals surface area (Å²) in [5.74, 6) is -0.109. The van der Waals surface area contributed by atoms with Gasteiger partial charge in [-0.15, -0.1) is 0 Å². The summed E-state index contributed by atoms with van der Waals surface area (Å²) in [6.07, 6.45) is 9.00. The molecule has 2 amide bonds. The number of para-hydroxylation sites is 1. The van der Waals surface area contributed by atoms with Crippen molar-refractivity contribution in [1.29, 1.82) is 0 Å². The molecular weight excluding hydrogens is 574 g/mol. The molecule has 13 nitrogen and oxygen atoms in total. The summed E-state index contributed by atoms with van der Waals surface area (Å²) in [5.41, 5.74) is 3.63. The highest BCUT2D eigenvalue weighted by atomic mass is 16.3. The van der Waals surface area contributed by atoms with Gasteiger partial charge in [0.15, 0.2) is 0 Å². The van der Waals surface area contributed by atoms with Crippen LogP contribution in [0, 0.1) is 6.92 Å². The van der Waals surface area contributed by atoms with E-state index in [0.717, 1.165) is 16.9 Å². The molecule has 3 aromatic heterocycles. The molecule has 0 saturated carbocycles. The number of aliphatic hydroxyl groups excluding tert-OH is 1. The monoisotopic (exact) mass is 609 g/mol. The Kier molecular flexibility index (Phi) is 8.18. The molecule has 0 spiro atoms. The van der Waals surface area contributed by atoms with Gasteiger partial charge in [0.05, 0.1) is 42.5 Å². The van der Waals surface area contributed by atoms with E-state index in [1.807, 2.05) is 30.0 Å². The number of likely N-dealkylation sites (tertiary alicyclic amines) is 1. The van der Waals surface area contributed by atoms with E-state index in [9.17, 15) is 19.5 Å². The Balaban J connectivity index is 1.49. The number of anilines is 5. The number of aryl methyl sites for hydroxylation is 1.